The van der Waals surface area contributed by atoms with Crippen LogP contribution in [0.4, 0.5) is 5.82 Å². The Morgan fingerprint density at radius 2 is 2.42 bits per heavy atom. The van der Waals surface area contributed by atoms with Crippen molar-refractivity contribution in [3.63, 3.8) is 0 Å². The third-order valence-corrected chi connectivity index (χ3v) is 2.68. The summed E-state index contributed by atoms with van der Waals surface area (Å²) in [4.78, 5) is 8.19. The zero-order chi connectivity index (χ0) is 8.97. The monoisotopic (exact) mass is 183 g/mol. The molecule has 0 aliphatic rings. The maximum Gasteiger partial charge on any atom is 0.189 e. The van der Waals surface area contributed by atoms with Gasteiger partial charge in [-0.15, -0.1) is 0 Å². The summed E-state index contributed by atoms with van der Waals surface area (Å²) in [7, 11) is 0. The van der Waals surface area contributed by atoms with Gasteiger partial charge in [0.2, 0.25) is 0 Å². The van der Waals surface area contributed by atoms with Crippen molar-refractivity contribution in [1.82, 2.24) is 9.97 Å². The van der Waals surface area contributed by atoms with E-state index in [0.29, 0.717) is 11.1 Å². The van der Waals surface area contributed by atoms with Crippen LogP contribution >= 0.6 is 11.8 Å². The Bertz CT molecular complexity index is 252. The van der Waals surface area contributed by atoms with Crippen molar-refractivity contribution in [2.75, 3.05) is 5.73 Å². The molecule has 0 aromatic carbocycles. The Labute approximate surface area is 76.8 Å². The molecule has 3 nitrogen and oxygen atoms in total. The highest BCUT2D eigenvalue weighted by atomic mass is 32.2. The van der Waals surface area contributed by atoms with Crippen LogP contribution in [0.3, 0.4) is 0 Å². The van der Waals surface area contributed by atoms with Gasteiger partial charge in [0, 0.05) is 11.4 Å². The lowest BCUT2D eigenvalue weighted by molar-refractivity contribution is 0.886. The van der Waals surface area contributed by atoms with Gasteiger partial charge >= 0.3 is 0 Å². The van der Waals surface area contributed by atoms with E-state index in [0.717, 1.165) is 11.6 Å². The van der Waals surface area contributed by atoms with E-state index in [4.69, 9.17) is 5.73 Å². The number of nitrogen functional groups attached to an aromatic ring is 1. The molecule has 0 radical (unpaired) electrons. The molecule has 0 spiro atoms. The number of thioether (sulfide) groups is 1. The molecule has 12 heavy (non-hydrogen) atoms. The Morgan fingerprint density at radius 1 is 1.67 bits per heavy atom. The van der Waals surface area contributed by atoms with Crippen LogP contribution < -0.4 is 5.73 Å². The standard InChI is InChI=1S/C8H13N3S/c1-3-6(2)12-8-10-5-4-7(9)11-8/h4-6H,3H2,1-2H3,(H2,9,10,11). The predicted molar refractivity (Wildman–Crippen MR) is 52.1 cm³/mol. The Kier molecular flexibility index (Phi) is 3.34. The van der Waals surface area contributed by atoms with Crippen LogP contribution in [0.5, 0.6) is 0 Å². The molecular formula is C8H13N3S. The molecule has 0 amide bonds. The van der Waals surface area contributed by atoms with E-state index in [1.807, 2.05) is 0 Å². The fourth-order valence-electron chi connectivity index (χ4n) is 0.674. The summed E-state index contributed by atoms with van der Waals surface area (Å²) in [5.41, 5.74) is 5.51. The first-order valence-electron chi connectivity index (χ1n) is 3.97. The Balaban J connectivity index is 2.63. The quantitative estimate of drug-likeness (QED) is 0.575. The highest BCUT2D eigenvalue weighted by Gasteiger charge is 2.03. The van der Waals surface area contributed by atoms with Crippen molar-refractivity contribution in [2.24, 2.45) is 0 Å². The fourth-order valence-corrected chi connectivity index (χ4v) is 1.48. The number of anilines is 1. The van der Waals surface area contributed by atoms with Crippen LogP contribution in [0.2, 0.25) is 0 Å². The molecule has 1 atom stereocenters. The van der Waals surface area contributed by atoms with E-state index in [1.54, 1.807) is 24.0 Å². The number of nitrogens with two attached hydrogens (primary N) is 1. The van der Waals surface area contributed by atoms with Crippen LogP contribution in [0, 0.1) is 0 Å². The normalized spacial score (nSPS) is 12.8. The van der Waals surface area contributed by atoms with Crippen molar-refractivity contribution in [2.45, 2.75) is 30.7 Å². The van der Waals surface area contributed by atoms with Crippen LogP contribution in [0.1, 0.15) is 20.3 Å². The molecule has 0 fully saturated rings. The van der Waals surface area contributed by atoms with Gasteiger partial charge in [-0.3, -0.25) is 0 Å². The average Bonchev–Trinajstić information content (AvgIpc) is 2.04. The van der Waals surface area contributed by atoms with Gasteiger partial charge in [-0.05, 0) is 12.5 Å². The van der Waals surface area contributed by atoms with E-state index in [2.05, 4.69) is 23.8 Å². The SMILES string of the molecule is CCC(C)Sc1nccc(N)n1. The van der Waals surface area contributed by atoms with Crippen LogP contribution in [0.25, 0.3) is 0 Å². The lowest BCUT2D eigenvalue weighted by Gasteiger charge is -2.05. The van der Waals surface area contributed by atoms with Crippen LogP contribution in [0.15, 0.2) is 17.4 Å². The lowest BCUT2D eigenvalue weighted by Crippen LogP contribution is -1.98. The number of nitrogens with zero attached hydrogens (tertiary/aromatic N) is 2. The van der Waals surface area contributed by atoms with E-state index in [9.17, 15) is 0 Å². The predicted octanol–water partition coefficient (Wildman–Crippen LogP) is 1.95. The highest BCUT2D eigenvalue weighted by Crippen LogP contribution is 2.21. The zero-order valence-electron chi connectivity index (χ0n) is 7.32. The first kappa shape index (κ1) is 9.32. The van der Waals surface area contributed by atoms with Gasteiger partial charge in [-0.2, -0.15) is 0 Å². The first-order valence-corrected chi connectivity index (χ1v) is 4.85. The van der Waals surface area contributed by atoms with Crippen molar-refractivity contribution < 1.29 is 0 Å². The molecule has 1 aromatic heterocycles. The summed E-state index contributed by atoms with van der Waals surface area (Å²) >= 11 is 1.66. The zero-order valence-corrected chi connectivity index (χ0v) is 8.14. The van der Waals surface area contributed by atoms with Crippen LogP contribution in [-0.4, -0.2) is 15.2 Å². The van der Waals surface area contributed by atoms with Gasteiger partial charge in [0.05, 0.1) is 0 Å². The van der Waals surface area contributed by atoms with Crippen LogP contribution in [-0.2, 0) is 0 Å². The van der Waals surface area contributed by atoms with Gasteiger partial charge in [0.1, 0.15) is 5.82 Å². The number of hydrogen-bond acceptors (Lipinski definition) is 4. The van der Waals surface area contributed by atoms with Gasteiger partial charge in [-0.1, -0.05) is 25.6 Å². The summed E-state index contributed by atoms with van der Waals surface area (Å²) in [6.07, 6.45) is 2.80. The second kappa shape index (κ2) is 4.30. The minimum Gasteiger partial charge on any atom is -0.384 e. The molecular weight excluding hydrogens is 170 g/mol. The topological polar surface area (TPSA) is 51.8 Å². The van der Waals surface area contributed by atoms with Gasteiger partial charge < -0.3 is 5.73 Å². The molecule has 0 saturated heterocycles. The lowest BCUT2D eigenvalue weighted by atomic mass is 10.4. The maximum atomic E-state index is 5.51. The van der Waals surface area contributed by atoms with Gasteiger partial charge in [0.25, 0.3) is 0 Å². The third kappa shape index (κ3) is 2.70. The molecule has 1 unspecified atom stereocenters. The minimum atomic E-state index is 0.538. The van der Waals surface area contributed by atoms with Crippen molar-refractivity contribution in [3.8, 4) is 0 Å². The molecule has 2 N–H and O–H groups in total. The Morgan fingerprint density at radius 3 is 3.00 bits per heavy atom. The second-order valence-electron chi connectivity index (χ2n) is 2.60. The summed E-state index contributed by atoms with van der Waals surface area (Å²) in [6.45, 7) is 4.29. The molecule has 0 aliphatic carbocycles. The summed E-state index contributed by atoms with van der Waals surface area (Å²) in [5, 5.41) is 1.32. The van der Waals surface area contributed by atoms with E-state index < -0.39 is 0 Å². The summed E-state index contributed by atoms with van der Waals surface area (Å²) in [5.74, 6) is 0.538. The summed E-state index contributed by atoms with van der Waals surface area (Å²) in [6, 6.07) is 1.70. The molecule has 66 valence electrons. The molecule has 0 aliphatic heterocycles. The smallest absolute Gasteiger partial charge is 0.189 e. The van der Waals surface area contributed by atoms with Gasteiger partial charge in [0.15, 0.2) is 5.16 Å². The fraction of sp³-hybridized carbons (Fsp3) is 0.500. The second-order valence-corrected chi connectivity index (χ2v) is 4.01. The molecule has 1 aromatic rings. The minimum absolute atomic E-state index is 0.538. The Hall–Kier alpha value is -0.770. The average molecular weight is 183 g/mol. The van der Waals surface area contributed by atoms with Gasteiger partial charge in [-0.25, -0.2) is 9.97 Å². The third-order valence-electron chi connectivity index (χ3n) is 1.54. The van der Waals surface area contributed by atoms with Crippen molar-refractivity contribution in [3.05, 3.63) is 12.3 Å². The van der Waals surface area contributed by atoms with Crippen molar-refractivity contribution >= 4 is 17.6 Å². The number of rotatable bonds is 3. The molecule has 0 bridgehead atoms. The van der Waals surface area contributed by atoms with E-state index >= 15 is 0 Å². The summed E-state index contributed by atoms with van der Waals surface area (Å²) < 4.78 is 0. The number of hydrogen-bond donors (Lipinski definition) is 1. The maximum absolute atomic E-state index is 5.51. The van der Waals surface area contributed by atoms with E-state index in [1.165, 1.54) is 0 Å². The molecule has 1 heterocycles. The highest BCUT2D eigenvalue weighted by molar-refractivity contribution is 7.99. The van der Waals surface area contributed by atoms with Crippen molar-refractivity contribution in [1.29, 1.82) is 0 Å². The molecule has 1 rings (SSSR count). The molecule has 0 saturated carbocycles. The van der Waals surface area contributed by atoms with E-state index in [-0.39, 0.29) is 0 Å². The molecule has 4 heteroatoms. The number of aromatic nitrogens is 2. The first-order chi connectivity index (χ1) is 5.72. The largest absolute Gasteiger partial charge is 0.384 e.